The summed E-state index contributed by atoms with van der Waals surface area (Å²) in [5.74, 6) is -1.11. The monoisotopic (exact) mass is 374 g/mol. The van der Waals surface area contributed by atoms with Gasteiger partial charge < -0.3 is 16.0 Å². The lowest BCUT2D eigenvalue weighted by atomic mass is 10.2. The standard InChI is InChI=1S/C15H14ClF3N4O2/c1-9(24)22-5-4-21-8-10(7-20)14(25)23-11-2-3-13(16)12(6-11)15(17,18)19/h2-3,6,8,21H,4-5H2,1H3,(H,22,24)(H,23,25)/b10-8-. The van der Waals surface area contributed by atoms with Crippen LogP contribution in [0, 0.1) is 11.3 Å². The second-order valence-electron chi connectivity index (χ2n) is 4.75. The van der Waals surface area contributed by atoms with Crippen molar-refractivity contribution in [1.82, 2.24) is 10.6 Å². The number of alkyl halides is 3. The van der Waals surface area contributed by atoms with E-state index in [1.807, 2.05) is 0 Å². The van der Waals surface area contributed by atoms with Crippen LogP contribution in [-0.2, 0) is 15.8 Å². The van der Waals surface area contributed by atoms with E-state index in [4.69, 9.17) is 16.9 Å². The molecule has 1 aromatic carbocycles. The first-order chi connectivity index (χ1) is 11.6. The Balaban J connectivity index is 2.76. The number of carbonyl (C=O) groups is 2. The number of anilines is 1. The highest BCUT2D eigenvalue weighted by Gasteiger charge is 2.33. The van der Waals surface area contributed by atoms with Gasteiger partial charge in [0, 0.05) is 31.9 Å². The van der Waals surface area contributed by atoms with Gasteiger partial charge in [-0.1, -0.05) is 11.6 Å². The average Bonchev–Trinajstić information content (AvgIpc) is 2.51. The molecular formula is C15H14ClF3N4O2. The maximum Gasteiger partial charge on any atom is 0.417 e. The molecule has 0 radical (unpaired) electrons. The largest absolute Gasteiger partial charge is 0.417 e. The predicted molar refractivity (Wildman–Crippen MR) is 85.5 cm³/mol. The van der Waals surface area contributed by atoms with Crippen molar-refractivity contribution in [1.29, 1.82) is 5.26 Å². The summed E-state index contributed by atoms with van der Waals surface area (Å²) in [5.41, 5.74) is -1.59. The van der Waals surface area contributed by atoms with E-state index < -0.39 is 22.7 Å². The molecule has 0 aliphatic carbocycles. The first-order valence-corrected chi connectivity index (χ1v) is 7.29. The molecule has 0 spiro atoms. The number of rotatable bonds is 6. The van der Waals surface area contributed by atoms with Gasteiger partial charge in [0.05, 0.1) is 10.6 Å². The molecule has 3 N–H and O–H groups in total. The van der Waals surface area contributed by atoms with E-state index in [1.54, 1.807) is 6.07 Å². The molecule has 2 amide bonds. The smallest absolute Gasteiger partial charge is 0.388 e. The Kier molecular flexibility index (Phi) is 7.26. The van der Waals surface area contributed by atoms with Crippen molar-refractivity contribution < 1.29 is 22.8 Å². The van der Waals surface area contributed by atoms with E-state index in [-0.39, 0.29) is 30.3 Å². The molecule has 0 bridgehead atoms. The van der Waals surface area contributed by atoms with Gasteiger partial charge in [-0.15, -0.1) is 0 Å². The fourth-order valence-electron chi connectivity index (χ4n) is 1.65. The number of hydrogen-bond acceptors (Lipinski definition) is 4. The van der Waals surface area contributed by atoms with Gasteiger partial charge in [0.1, 0.15) is 11.6 Å². The lowest BCUT2D eigenvalue weighted by Crippen LogP contribution is -2.28. The Morgan fingerprint density at radius 3 is 2.56 bits per heavy atom. The van der Waals surface area contributed by atoms with Crippen LogP contribution >= 0.6 is 11.6 Å². The summed E-state index contributed by atoms with van der Waals surface area (Å²) in [4.78, 5) is 22.6. The summed E-state index contributed by atoms with van der Waals surface area (Å²) in [7, 11) is 0. The van der Waals surface area contributed by atoms with Gasteiger partial charge in [0.25, 0.3) is 5.91 Å². The van der Waals surface area contributed by atoms with E-state index in [0.29, 0.717) is 6.07 Å². The van der Waals surface area contributed by atoms with Crippen LogP contribution in [0.2, 0.25) is 5.02 Å². The van der Waals surface area contributed by atoms with Crippen molar-refractivity contribution in [3.8, 4) is 6.07 Å². The lowest BCUT2D eigenvalue weighted by molar-refractivity contribution is -0.137. The third-order valence-electron chi connectivity index (χ3n) is 2.78. The van der Waals surface area contributed by atoms with Crippen molar-refractivity contribution in [2.75, 3.05) is 18.4 Å². The molecule has 0 aromatic heterocycles. The number of nitrogens with one attached hydrogen (secondary N) is 3. The molecule has 1 rings (SSSR count). The number of amides is 2. The number of halogens is 4. The Labute approximate surface area is 146 Å². The van der Waals surface area contributed by atoms with Crippen LogP contribution in [0.4, 0.5) is 18.9 Å². The molecule has 0 saturated carbocycles. The van der Waals surface area contributed by atoms with Gasteiger partial charge in [-0.2, -0.15) is 18.4 Å². The van der Waals surface area contributed by atoms with Crippen LogP contribution in [0.5, 0.6) is 0 Å². The zero-order valence-corrected chi connectivity index (χ0v) is 13.8. The first-order valence-electron chi connectivity index (χ1n) is 6.91. The molecule has 0 fully saturated rings. The van der Waals surface area contributed by atoms with E-state index in [1.165, 1.54) is 13.0 Å². The number of nitriles is 1. The highest BCUT2D eigenvalue weighted by Crippen LogP contribution is 2.36. The zero-order chi connectivity index (χ0) is 19.0. The van der Waals surface area contributed by atoms with Gasteiger partial charge >= 0.3 is 6.18 Å². The van der Waals surface area contributed by atoms with Crippen molar-refractivity contribution in [2.24, 2.45) is 0 Å². The number of hydrogen-bond donors (Lipinski definition) is 3. The fraction of sp³-hybridized carbons (Fsp3) is 0.267. The van der Waals surface area contributed by atoms with Crippen molar-refractivity contribution in [2.45, 2.75) is 13.1 Å². The molecule has 0 aliphatic rings. The second kappa shape index (κ2) is 8.94. The summed E-state index contributed by atoms with van der Waals surface area (Å²) in [5, 5.41) is 15.8. The Bertz CT molecular complexity index is 726. The molecular weight excluding hydrogens is 361 g/mol. The molecule has 1 aromatic rings. The number of carbonyl (C=O) groups excluding carboxylic acids is 2. The van der Waals surface area contributed by atoms with E-state index in [0.717, 1.165) is 12.3 Å². The van der Waals surface area contributed by atoms with Crippen molar-refractivity contribution in [3.63, 3.8) is 0 Å². The van der Waals surface area contributed by atoms with E-state index >= 15 is 0 Å². The van der Waals surface area contributed by atoms with Crippen LogP contribution in [0.3, 0.4) is 0 Å². The Morgan fingerprint density at radius 2 is 2.00 bits per heavy atom. The van der Waals surface area contributed by atoms with Crippen molar-refractivity contribution >= 4 is 29.1 Å². The van der Waals surface area contributed by atoms with Crippen LogP contribution in [0.25, 0.3) is 0 Å². The predicted octanol–water partition coefficient (Wildman–Crippen LogP) is 2.43. The summed E-state index contributed by atoms with van der Waals surface area (Å²) in [6.45, 7) is 1.88. The molecule has 0 atom stereocenters. The molecule has 0 unspecified atom stereocenters. The maximum absolute atomic E-state index is 12.8. The van der Waals surface area contributed by atoms with Gasteiger partial charge in [0.2, 0.25) is 5.91 Å². The SMILES string of the molecule is CC(=O)NCCN/C=C(/C#N)C(=O)Nc1ccc(Cl)c(C(F)(F)F)c1. The Hall–Kier alpha value is -2.73. The molecule has 10 heteroatoms. The first kappa shape index (κ1) is 20.3. The average molecular weight is 375 g/mol. The third-order valence-corrected chi connectivity index (χ3v) is 3.11. The Morgan fingerprint density at radius 1 is 1.32 bits per heavy atom. The van der Waals surface area contributed by atoms with Crippen LogP contribution in [0.1, 0.15) is 12.5 Å². The van der Waals surface area contributed by atoms with Crippen LogP contribution < -0.4 is 16.0 Å². The van der Waals surface area contributed by atoms with Gasteiger partial charge in [0.15, 0.2) is 0 Å². The fourth-order valence-corrected chi connectivity index (χ4v) is 1.88. The zero-order valence-electron chi connectivity index (χ0n) is 13.0. The minimum atomic E-state index is -4.67. The number of nitrogens with zero attached hydrogens (tertiary/aromatic N) is 1. The maximum atomic E-state index is 12.8. The van der Waals surface area contributed by atoms with Gasteiger partial charge in [-0.3, -0.25) is 9.59 Å². The highest BCUT2D eigenvalue weighted by atomic mass is 35.5. The molecule has 134 valence electrons. The number of benzene rings is 1. The molecule has 0 aliphatic heterocycles. The van der Waals surface area contributed by atoms with Gasteiger partial charge in [-0.25, -0.2) is 0 Å². The van der Waals surface area contributed by atoms with Crippen LogP contribution in [0.15, 0.2) is 30.0 Å². The third kappa shape index (κ3) is 6.73. The summed E-state index contributed by atoms with van der Waals surface area (Å²) < 4.78 is 38.4. The van der Waals surface area contributed by atoms with Crippen molar-refractivity contribution in [3.05, 3.63) is 40.6 Å². The summed E-state index contributed by atoms with van der Waals surface area (Å²) >= 11 is 5.49. The van der Waals surface area contributed by atoms with E-state index in [2.05, 4.69) is 16.0 Å². The highest BCUT2D eigenvalue weighted by molar-refractivity contribution is 6.31. The quantitative estimate of drug-likeness (QED) is 0.405. The summed E-state index contributed by atoms with van der Waals surface area (Å²) in [6, 6.07) is 4.50. The molecule has 0 saturated heterocycles. The van der Waals surface area contributed by atoms with Crippen LogP contribution in [-0.4, -0.2) is 24.9 Å². The lowest BCUT2D eigenvalue weighted by Gasteiger charge is -2.11. The second-order valence-corrected chi connectivity index (χ2v) is 5.16. The molecule has 0 heterocycles. The van der Waals surface area contributed by atoms with E-state index in [9.17, 15) is 22.8 Å². The minimum absolute atomic E-state index is 0.152. The summed E-state index contributed by atoms with van der Waals surface area (Å²) in [6.07, 6.45) is -3.56. The molecule has 6 nitrogen and oxygen atoms in total. The normalized spacial score (nSPS) is 11.4. The minimum Gasteiger partial charge on any atom is -0.388 e. The topological polar surface area (TPSA) is 94.0 Å². The molecule has 25 heavy (non-hydrogen) atoms. The van der Waals surface area contributed by atoms with Gasteiger partial charge in [-0.05, 0) is 18.2 Å².